The molecule has 1 aliphatic rings. The van der Waals surface area contributed by atoms with Crippen LogP contribution >= 0.6 is 0 Å². The number of esters is 1. The molecule has 1 aromatic rings. The van der Waals surface area contributed by atoms with E-state index in [1.807, 2.05) is 6.92 Å². The second-order valence-corrected chi connectivity index (χ2v) is 6.77. The van der Waals surface area contributed by atoms with Gasteiger partial charge in [0.15, 0.2) is 0 Å². The lowest BCUT2D eigenvalue weighted by Crippen LogP contribution is -2.50. The van der Waals surface area contributed by atoms with Gasteiger partial charge in [0, 0.05) is 5.69 Å². The van der Waals surface area contributed by atoms with Crippen LogP contribution in [0.15, 0.2) is 24.3 Å². The lowest BCUT2D eigenvalue weighted by Gasteiger charge is -2.34. The Kier molecular flexibility index (Phi) is 4.26. The van der Waals surface area contributed by atoms with Crippen molar-refractivity contribution in [1.29, 1.82) is 0 Å². The number of anilines is 1. The SMILES string of the molecule is CCOC(=O)C1(Nc2ccc(F)cc2)CC(C)(C)CC1C. The minimum Gasteiger partial charge on any atom is -0.464 e. The summed E-state index contributed by atoms with van der Waals surface area (Å²) >= 11 is 0. The number of halogens is 1. The molecule has 0 heterocycles. The highest BCUT2D eigenvalue weighted by Gasteiger charge is 2.54. The van der Waals surface area contributed by atoms with Crippen LogP contribution in [-0.2, 0) is 9.53 Å². The average Bonchev–Trinajstić information content (AvgIpc) is 2.63. The number of carbonyl (C=O) groups is 1. The highest BCUT2D eigenvalue weighted by atomic mass is 19.1. The molecule has 3 nitrogen and oxygen atoms in total. The van der Waals surface area contributed by atoms with Crippen molar-refractivity contribution in [3.8, 4) is 0 Å². The fourth-order valence-corrected chi connectivity index (χ4v) is 3.55. The molecule has 2 unspecified atom stereocenters. The summed E-state index contributed by atoms with van der Waals surface area (Å²) in [5, 5.41) is 3.33. The van der Waals surface area contributed by atoms with Gasteiger partial charge in [0.25, 0.3) is 0 Å². The van der Waals surface area contributed by atoms with E-state index in [9.17, 15) is 9.18 Å². The largest absolute Gasteiger partial charge is 0.464 e. The van der Waals surface area contributed by atoms with E-state index in [0.717, 1.165) is 12.1 Å². The summed E-state index contributed by atoms with van der Waals surface area (Å²) in [6, 6.07) is 6.11. The Hall–Kier alpha value is -1.58. The Labute approximate surface area is 125 Å². The zero-order valence-corrected chi connectivity index (χ0v) is 13.2. The van der Waals surface area contributed by atoms with E-state index < -0.39 is 5.54 Å². The van der Waals surface area contributed by atoms with E-state index >= 15 is 0 Å². The Balaban J connectivity index is 2.33. The number of rotatable bonds is 4. The van der Waals surface area contributed by atoms with Crippen LogP contribution in [0.5, 0.6) is 0 Å². The van der Waals surface area contributed by atoms with Crippen LogP contribution in [0.4, 0.5) is 10.1 Å². The van der Waals surface area contributed by atoms with Crippen molar-refractivity contribution in [2.24, 2.45) is 11.3 Å². The van der Waals surface area contributed by atoms with Crippen molar-refractivity contribution in [2.45, 2.75) is 46.1 Å². The lowest BCUT2D eigenvalue weighted by molar-refractivity contribution is -0.150. The third-order valence-corrected chi connectivity index (χ3v) is 4.31. The standard InChI is InChI=1S/C17H24FNO2/c1-5-21-15(20)17(11-16(3,4)10-12(17)2)19-14-8-6-13(18)7-9-14/h6-9,12,19H,5,10-11H2,1-4H3. The minimum atomic E-state index is -0.739. The quantitative estimate of drug-likeness (QED) is 0.853. The molecule has 4 heteroatoms. The maximum Gasteiger partial charge on any atom is 0.332 e. The molecule has 2 rings (SSSR count). The summed E-state index contributed by atoms with van der Waals surface area (Å²) in [4.78, 5) is 12.6. The van der Waals surface area contributed by atoms with E-state index in [2.05, 4.69) is 26.1 Å². The van der Waals surface area contributed by atoms with E-state index in [1.165, 1.54) is 12.1 Å². The normalized spacial score (nSPS) is 27.4. The summed E-state index contributed by atoms with van der Waals surface area (Å²) in [7, 11) is 0. The van der Waals surface area contributed by atoms with E-state index in [1.54, 1.807) is 12.1 Å². The topological polar surface area (TPSA) is 38.3 Å². The van der Waals surface area contributed by atoms with Gasteiger partial charge in [0.05, 0.1) is 6.61 Å². The number of ether oxygens (including phenoxy) is 1. The highest BCUT2D eigenvalue weighted by Crippen LogP contribution is 2.49. The van der Waals surface area contributed by atoms with E-state index in [-0.39, 0.29) is 23.1 Å². The molecular weight excluding hydrogens is 269 g/mol. The number of hydrogen-bond donors (Lipinski definition) is 1. The molecular formula is C17H24FNO2. The first-order valence-electron chi connectivity index (χ1n) is 7.50. The third kappa shape index (κ3) is 3.20. The monoisotopic (exact) mass is 293 g/mol. The minimum absolute atomic E-state index is 0.0687. The fraction of sp³-hybridized carbons (Fsp3) is 0.588. The molecule has 2 atom stereocenters. The second-order valence-electron chi connectivity index (χ2n) is 6.77. The number of hydrogen-bond acceptors (Lipinski definition) is 3. The predicted octanol–water partition coefficient (Wildman–Crippen LogP) is 4.00. The van der Waals surface area contributed by atoms with Crippen molar-refractivity contribution in [2.75, 3.05) is 11.9 Å². The molecule has 0 bridgehead atoms. The van der Waals surface area contributed by atoms with Crippen LogP contribution in [0, 0.1) is 17.2 Å². The van der Waals surface area contributed by atoms with Crippen molar-refractivity contribution in [3.05, 3.63) is 30.1 Å². The molecule has 1 saturated carbocycles. The molecule has 1 N–H and O–H groups in total. The summed E-state index contributed by atoms with van der Waals surface area (Å²) in [5.74, 6) is -0.352. The van der Waals surface area contributed by atoms with Crippen LogP contribution in [0.3, 0.4) is 0 Å². The van der Waals surface area contributed by atoms with Gasteiger partial charge in [0.1, 0.15) is 11.4 Å². The molecule has 0 aliphatic heterocycles. The van der Waals surface area contributed by atoms with Gasteiger partial charge in [0.2, 0.25) is 0 Å². The molecule has 0 spiro atoms. The maximum absolute atomic E-state index is 13.1. The summed E-state index contributed by atoms with van der Waals surface area (Å²) < 4.78 is 18.4. The lowest BCUT2D eigenvalue weighted by atomic mass is 9.86. The molecule has 0 saturated heterocycles. The van der Waals surface area contributed by atoms with Crippen LogP contribution in [0.2, 0.25) is 0 Å². The van der Waals surface area contributed by atoms with Crippen molar-refractivity contribution in [3.63, 3.8) is 0 Å². The zero-order chi connectivity index (χ0) is 15.7. The summed E-state index contributed by atoms with van der Waals surface area (Å²) in [6.45, 7) is 8.57. The van der Waals surface area contributed by atoms with Crippen molar-refractivity contribution in [1.82, 2.24) is 0 Å². The number of nitrogens with one attached hydrogen (secondary N) is 1. The smallest absolute Gasteiger partial charge is 0.332 e. The Bertz CT molecular complexity index is 512. The van der Waals surface area contributed by atoms with Gasteiger partial charge < -0.3 is 10.1 Å². The van der Waals surface area contributed by atoms with Gasteiger partial charge in [-0.3, -0.25) is 0 Å². The third-order valence-electron chi connectivity index (χ3n) is 4.31. The van der Waals surface area contributed by atoms with Crippen LogP contribution in [-0.4, -0.2) is 18.1 Å². The van der Waals surface area contributed by atoms with Gasteiger partial charge in [-0.2, -0.15) is 0 Å². The van der Waals surface area contributed by atoms with E-state index in [0.29, 0.717) is 13.0 Å². The first kappa shape index (κ1) is 15.8. The van der Waals surface area contributed by atoms with Gasteiger partial charge in [-0.25, -0.2) is 9.18 Å². The fourth-order valence-electron chi connectivity index (χ4n) is 3.55. The first-order valence-corrected chi connectivity index (χ1v) is 7.50. The second kappa shape index (κ2) is 5.66. The van der Waals surface area contributed by atoms with Crippen LogP contribution in [0.1, 0.15) is 40.5 Å². The first-order chi connectivity index (χ1) is 9.79. The van der Waals surface area contributed by atoms with Crippen molar-refractivity contribution >= 4 is 11.7 Å². The Morgan fingerprint density at radius 1 is 1.38 bits per heavy atom. The van der Waals surface area contributed by atoms with Gasteiger partial charge in [-0.1, -0.05) is 20.8 Å². The summed E-state index contributed by atoms with van der Waals surface area (Å²) in [6.07, 6.45) is 1.65. The van der Waals surface area contributed by atoms with Crippen LogP contribution in [0.25, 0.3) is 0 Å². The number of benzene rings is 1. The van der Waals surface area contributed by atoms with Gasteiger partial charge in [-0.15, -0.1) is 0 Å². The molecule has 1 aliphatic carbocycles. The molecule has 116 valence electrons. The molecule has 1 fully saturated rings. The van der Waals surface area contributed by atoms with Gasteiger partial charge in [-0.05, 0) is 55.4 Å². The highest BCUT2D eigenvalue weighted by molar-refractivity contribution is 5.85. The predicted molar refractivity (Wildman–Crippen MR) is 81.6 cm³/mol. The molecule has 0 aromatic heterocycles. The zero-order valence-electron chi connectivity index (χ0n) is 13.2. The van der Waals surface area contributed by atoms with E-state index in [4.69, 9.17) is 4.74 Å². The van der Waals surface area contributed by atoms with Crippen molar-refractivity contribution < 1.29 is 13.9 Å². The molecule has 21 heavy (non-hydrogen) atoms. The Morgan fingerprint density at radius 3 is 2.48 bits per heavy atom. The van der Waals surface area contributed by atoms with Gasteiger partial charge >= 0.3 is 5.97 Å². The van der Waals surface area contributed by atoms with Crippen LogP contribution < -0.4 is 5.32 Å². The average molecular weight is 293 g/mol. The number of carbonyl (C=O) groups excluding carboxylic acids is 1. The maximum atomic E-state index is 13.1. The Morgan fingerprint density at radius 2 is 2.00 bits per heavy atom. The molecule has 0 radical (unpaired) electrons. The molecule has 0 amide bonds. The molecule has 1 aromatic carbocycles. The summed E-state index contributed by atoms with van der Waals surface area (Å²) in [5.41, 5.74) is 0.0744.